The van der Waals surface area contributed by atoms with Crippen molar-refractivity contribution in [2.24, 2.45) is 5.73 Å². The highest BCUT2D eigenvalue weighted by molar-refractivity contribution is 7.09. The maximum atomic E-state index is 11.4. The number of carboxylic acids is 1. The van der Waals surface area contributed by atoms with E-state index in [2.05, 4.69) is 10.3 Å². The molecule has 17 heavy (non-hydrogen) atoms. The van der Waals surface area contributed by atoms with Gasteiger partial charge in [0.1, 0.15) is 11.0 Å². The standard InChI is InChI=1S/C9H13N3O4S/c1-16-3-5(10)8(13)11-2-7-12-6(4-17-7)9(14)15/h4-5H,2-3,10H2,1H3,(H,11,13)(H,14,15). The topological polar surface area (TPSA) is 115 Å². The molecule has 1 rings (SSSR count). The van der Waals surface area contributed by atoms with E-state index in [0.717, 1.165) is 0 Å². The molecule has 0 aliphatic rings. The molecular weight excluding hydrogens is 246 g/mol. The van der Waals surface area contributed by atoms with Crippen molar-refractivity contribution in [3.05, 3.63) is 16.1 Å². The number of amides is 1. The monoisotopic (exact) mass is 259 g/mol. The van der Waals surface area contributed by atoms with Gasteiger partial charge in [-0.05, 0) is 0 Å². The van der Waals surface area contributed by atoms with Crippen molar-refractivity contribution < 1.29 is 19.4 Å². The van der Waals surface area contributed by atoms with Crippen molar-refractivity contribution in [3.8, 4) is 0 Å². The smallest absolute Gasteiger partial charge is 0.355 e. The SMILES string of the molecule is COCC(N)C(=O)NCc1nc(C(=O)O)cs1. The maximum absolute atomic E-state index is 11.4. The van der Waals surface area contributed by atoms with E-state index in [9.17, 15) is 9.59 Å². The van der Waals surface area contributed by atoms with Gasteiger partial charge in [0.15, 0.2) is 5.69 Å². The molecule has 0 bridgehead atoms. The summed E-state index contributed by atoms with van der Waals surface area (Å²) in [7, 11) is 1.45. The third-order valence-corrected chi connectivity index (χ3v) is 2.72. The van der Waals surface area contributed by atoms with E-state index in [1.165, 1.54) is 23.8 Å². The number of methoxy groups -OCH3 is 1. The van der Waals surface area contributed by atoms with Crippen molar-refractivity contribution in [1.29, 1.82) is 0 Å². The summed E-state index contributed by atoms with van der Waals surface area (Å²) >= 11 is 1.17. The molecule has 1 aromatic heterocycles. The first-order valence-corrected chi connectivity index (χ1v) is 5.62. The van der Waals surface area contributed by atoms with E-state index >= 15 is 0 Å². The van der Waals surface area contributed by atoms with Gasteiger partial charge >= 0.3 is 5.97 Å². The third kappa shape index (κ3) is 4.10. The first-order valence-electron chi connectivity index (χ1n) is 4.74. The van der Waals surface area contributed by atoms with Crippen molar-refractivity contribution in [2.45, 2.75) is 12.6 Å². The number of hydrogen-bond acceptors (Lipinski definition) is 6. The average molecular weight is 259 g/mol. The summed E-state index contributed by atoms with van der Waals surface area (Å²) < 4.78 is 4.74. The largest absolute Gasteiger partial charge is 0.476 e. The first kappa shape index (κ1) is 13.6. The van der Waals surface area contributed by atoms with Gasteiger partial charge in [-0.3, -0.25) is 4.79 Å². The van der Waals surface area contributed by atoms with Crippen molar-refractivity contribution >= 4 is 23.2 Å². The van der Waals surface area contributed by atoms with Gasteiger partial charge in [0.05, 0.1) is 13.2 Å². The van der Waals surface area contributed by atoms with Gasteiger partial charge < -0.3 is 20.9 Å². The Morgan fingerprint density at radius 1 is 1.71 bits per heavy atom. The Labute approximate surface area is 102 Å². The van der Waals surface area contributed by atoms with Crippen LogP contribution in [0.5, 0.6) is 0 Å². The van der Waals surface area contributed by atoms with Crippen LogP contribution in [0.25, 0.3) is 0 Å². The quantitative estimate of drug-likeness (QED) is 0.630. The van der Waals surface area contributed by atoms with Gasteiger partial charge in [0.2, 0.25) is 5.91 Å². The molecule has 8 heteroatoms. The van der Waals surface area contributed by atoms with Crippen LogP contribution in [-0.2, 0) is 16.1 Å². The van der Waals surface area contributed by atoms with Crippen LogP contribution >= 0.6 is 11.3 Å². The molecule has 7 nitrogen and oxygen atoms in total. The second kappa shape index (κ2) is 6.28. The number of aromatic nitrogens is 1. The molecule has 1 amide bonds. The fourth-order valence-electron chi connectivity index (χ4n) is 1.04. The molecule has 0 saturated carbocycles. The molecule has 0 aliphatic carbocycles. The molecule has 0 fully saturated rings. The molecule has 1 atom stereocenters. The van der Waals surface area contributed by atoms with E-state index in [0.29, 0.717) is 5.01 Å². The number of thiazole rings is 1. The predicted octanol–water partition coefficient (Wildman–Crippen LogP) is -0.569. The van der Waals surface area contributed by atoms with Crippen LogP contribution in [0.1, 0.15) is 15.5 Å². The van der Waals surface area contributed by atoms with Crippen LogP contribution in [0.15, 0.2) is 5.38 Å². The third-order valence-electron chi connectivity index (χ3n) is 1.87. The van der Waals surface area contributed by atoms with E-state index in [-0.39, 0.29) is 24.8 Å². The summed E-state index contributed by atoms with van der Waals surface area (Å²) in [5.41, 5.74) is 5.47. The number of aromatic carboxylic acids is 1. The Balaban J connectivity index is 2.44. The van der Waals surface area contributed by atoms with Gasteiger partial charge in [0.25, 0.3) is 0 Å². The van der Waals surface area contributed by atoms with Gasteiger partial charge in [-0.25, -0.2) is 9.78 Å². The molecule has 0 saturated heterocycles. The Bertz CT molecular complexity index is 407. The highest BCUT2D eigenvalue weighted by Crippen LogP contribution is 2.09. The number of ether oxygens (including phenoxy) is 1. The average Bonchev–Trinajstić information content (AvgIpc) is 2.75. The summed E-state index contributed by atoms with van der Waals surface area (Å²) in [5.74, 6) is -1.45. The number of nitrogens with two attached hydrogens (primary N) is 1. The highest BCUT2D eigenvalue weighted by atomic mass is 32.1. The molecule has 94 valence electrons. The van der Waals surface area contributed by atoms with Crippen molar-refractivity contribution in [1.82, 2.24) is 10.3 Å². The number of carbonyl (C=O) groups is 2. The summed E-state index contributed by atoms with van der Waals surface area (Å²) in [5, 5.41) is 13.1. The molecule has 0 aliphatic heterocycles. The lowest BCUT2D eigenvalue weighted by molar-refractivity contribution is -0.123. The van der Waals surface area contributed by atoms with Crippen LogP contribution < -0.4 is 11.1 Å². The minimum Gasteiger partial charge on any atom is -0.476 e. The summed E-state index contributed by atoms with van der Waals surface area (Å²) in [6.45, 7) is 0.290. The fraction of sp³-hybridized carbons (Fsp3) is 0.444. The molecule has 1 aromatic rings. The van der Waals surface area contributed by atoms with Crippen LogP contribution in [0.4, 0.5) is 0 Å². The van der Waals surface area contributed by atoms with Crippen LogP contribution in [-0.4, -0.2) is 41.7 Å². The van der Waals surface area contributed by atoms with Gasteiger partial charge in [-0.2, -0.15) is 0 Å². The highest BCUT2D eigenvalue weighted by Gasteiger charge is 2.14. The predicted molar refractivity (Wildman–Crippen MR) is 60.8 cm³/mol. The number of hydrogen-bond donors (Lipinski definition) is 3. The minimum absolute atomic E-state index is 0.0274. The van der Waals surface area contributed by atoms with Crippen LogP contribution in [0, 0.1) is 0 Å². The fourth-order valence-corrected chi connectivity index (χ4v) is 1.75. The minimum atomic E-state index is -1.09. The molecule has 0 spiro atoms. The molecular formula is C9H13N3O4S. The van der Waals surface area contributed by atoms with Crippen LogP contribution in [0.3, 0.4) is 0 Å². The molecule has 1 unspecified atom stereocenters. The lowest BCUT2D eigenvalue weighted by atomic mass is 10.3. The van der Waals surface area contributed by atoms with Gasteiger partial charge in [0, 0.05) is 12.5 Å². The number of nitrogens with zero attached hydrogens (tertiary/aromatic N) is 1. The Morgan fingerprint density at radius 2 is 2.41 bits per heavy atom. The second-order valence-corrected chi connectivity index (χ2v) is 4.15. The summed E-state index contributed by atoms with van der Waals surface area (Å²) in [6.07, 6.45) is 0. The summed E-state index contributed by atoms with van der Waals surface area (Å²) in [6, 6.07) is -0.737. The van der Waals surface area contributed by atoms with E-state index in [1.807, 2.05) is 0 Å². The first-order chi connectivity index (χ1) is 8.04. The number of nitrogens with one attached hydrogen (secondary N) is 1. The molecule has 1 heterocycles. The molecule has 0 aromatic carbocycles. The molecule has 4 N–H and O–H groups in total. The second-order valence-electron chi connectivity index (χ2n) is 3.21. The zero-order valence-electron chi connectivity index (χ0n) is 9.17. The van der Waals surface area contributed by atoms with Crippen molar-refractivity contribution in [3.63, 3.8) is 0 Å². The Morgan fingerprint density at radius 3 is 2.94 bits per heavy atom. The lowest BCUT2D eigenvalue weighted by Gasteiger charge is -2.09. The zero-order chi connectivity index (χ0) is 12.8. The number of rotatable bonds is 6. The number of carbonyl (C=O) groups excluding carboxylic acids is 1. The Hall–Kier alpha value is -1.51. The normalized spacial score (nSPS) is 12.1. The van der Waals surface area contributed by atoms with Gasteiger partial charge in [-0.1, -0.05) is 0 Å². The van der Waals surface area contributed by atoms with Gasteiger partial charge in [-0.15, -0.1) is 11.3 Å². The van der Waals surface area contributed by atoms with E-state index in [1.54, 1.807) is 0 Å². The zero-order valence-corrected chi connectivity index (χ0v) is 9.99. The van der Waals surface area contributed by atoms with E-state index in [4.69, 9.17) is 15.6 Å². The lowest BCUT2D eigenvalue weighted by Crippen LogP contribution is -2.43. The molecule has 0 radical (unpaired) electrons. The maximum Gasteiger partial charge on any atom is 0.355 e. The number of carboxylic acid groups (broad SMARTS) is 1. The van der Waals surface area contributed by atoms with Crippen LogP contribution in [0.2, 0.25) is 0 Å². The van der Waals surface area contributed by atoms with Crippen molar-refractivity contribution in [2.75, 3.05) is 13.7 Å². The van der Waals surface area contributed by atoms with E-state index < -0.39 is 12.0 Å². The Kier molecular flexibility index (Phi) is 5.01. The summed E-state index contributed by atoms with van der Waals surface area (Å²) in [4.78, 5) is 25.8.